The molecule has 0 saturated carbocycles. The SMILES string of the molecule is CNS(=O)(=O)c1ccc(S(=O)(=O)N2CC[C@@H](N)C2)cc1.Cl. The van der Waals surface area contributed by atoms with E-state index in [4.69, 9.17) is 5.73 Å². The molecule has 1 aliphatic heterocycles. The van der Waals surface area contributed by atoms with Crippen LogP contribution in [0, 0.1) is 0 Å². The van der Waals surface area contributed by atoms with Gasteiger partial charge in [0.25, 0.3) is 0 Å². The van der Waals surface area contributed by atoms with E-state index >= 15 is 0 Å². The highest BCUT2D eigenvalue weighted by atomic mass is 35.5. The minimum Gasteiger partial charge on any atom is -0.326 e. The van der Waals surface area contributed by atoms with Crippen molar-refractivity contribution >= 4 is 32.5 Å². The molecule has 1 atom stereocenters. The van der Waals surface area contributed by atoms with E-state index in [1.165, 1.54) is 35.6 Å². The maximum Gasteiger partial charge on any atom is 0.243 e. The highest BCUT2D eigenvalue weighted by Crippen LogP contribution is 2.21. The van der Waals surface area contributed by atoms with Crippen molar-refractivity contribution in [3.05, 3.63) is 24.3 Å². The number of nitrogens with two attached hydrogens (primary N) is 1. The van der Waals surface area contributed by atoms with Gasteiger partial charge >= 0.3 is 0 Å². The van der Waals surface area contributed by atoms with E-state index in [1.807, 2.05) is 0 Å². The first-order chi connectivity index (χ1) is 9.27. The quantitative estimate of drug-likeness (QED) is 0.773. The molecular weight excluding hydrogens is 338 g/mol. The Morgan fingerprint density at radius 1 is 1.14 bits per heavy atom. The molecule has 21 heavy (non-hydrogen) atoms. The van der Waals surface area contributed by atoms with Crippen LogP contribution in [0.4, 0.5) is 0 Å². The summed E-state index contributed by atoms with van der Waals surface area (Å²) >= 11 is 0. The van der Waals surface area contributed by atoms with Gasteiger partial charge in [0.1, 0.15) is 0 Å². The molecule has 0 aromatic heterocycles. The van der Waals surface area contributed by atoms with Crippen molar-refractivity contribution in [3.8, 4) is 0 Å². The molecule has 1 fully saturated rings. The number of hydrogen-bond donors (Lipinski definition) is 2. The maximum absolute atomic E-state index is 12.3. The van der Waals surface area contributed by atoms with Crippen LogP contribution in [0.5, 0.6) is 0 Å². The molecule has 1 aromatic carbocycles. The fourth-order valence-corrected chi connectivity index (χ4v) is 4.27. The van der Waals surface area contributed by atoms with Crippen molar-refractivity contribution in [3.63, 3.8) is 0 Å². The van der Waals surface area contributed by atoms with Crippen LogP contribution in [0.2, 0.25) is 0 Å². The molecule has 0 aliphatic carbocycles. The second-order valence-electron chi connectivity index (χ2n) is 4.59. The summed E-state index contributed by atoms with van der Waals surface area (Å²) in [7, 11) is -5.87. The van der Waals surface area contributed by atoms with Gasteiger partial charge in [-0.3, -0.25) is 0 Å². The Labute approximate surface area is 131 Å². The van der Waals surface area contributed by atoms with Gasteiger partial charge in [-0.05, 0) is 37.7 Å². The van der Waals surface area contributed by atoms with Crippen LogP contribution in [0.25, 0.3) is 0 Å². The second kappa shape index (κ2) is 6.59. The predicted molar refractivity (Wildman–Crippen MR) is 81.3 cm³/mol. The minimum atomic E-state index is -3.60. The summed E-state index contributed by atoms with van der Waals surface area (Å²) in [5.41, 5.74) is 5.71. The molecule has 1 heterocycles. The molecule has 2 rings (SSSR count). The molecule has 1 aromatic rings. The topological polar surface area (TPSA) is 110 Å². The van der Waals surface area contributed by atoms with Crippen LogP contribution in [-0.4, -0.2) is 47.3 Å². The van der Waals surface area contributed by atoms with Crippen molar-refractivity contribution in [2.24, 2.45) is 5.73 Å². The zero-order valence-corrected chi connectivity index (χ0v) is 13.8. The van der Waals surface area contributed by atoms with Gasteiger partial charge in [-0.15, -0.1) is 12.4 Å². The fraction of sp³-hybridized carbons (Fsp3) is 0.455. The smallest absolute Gasteiger partial charge is 0.243 e. The molecule has 7 nitrogen and oxygen atoms in total. The Bertz CT molecular complexity index is 689. The summed E-state index contributed by atoms with van der Waals surface area (Å²) in [6, 6.07) is 4.99. The predicted octanol–water partition coefficient (Wildman–Crippen LogP) is -0.262. The van der Waals surface area contributed by atoms with Crippen molar-refractivity contribution in [2.75, 3.05) is 20.1 Å². The average molecular weight is 356 g/mol. The molecule has 0 spiro atoms. The Morgan fingerprint density at radius 3 is 2.10 bits per heavy atom. The van der Waals surface area contributed by atoms with Gasteiger partial charge in [-0.2, -0.15) is 4.31 Å². The van der Waals surface area contributed by atoms with Crippen molar-refractivity contribution < 1.29 is 16.8 Å². The number of halogens is 1. The van der Waals surface area contributed by atoms with Crippen LogP contribution in [0.15, 0.2) is 34.1 Å². The minimum absolute atomic E-state index is 0. The van der Waals surface area contributed by atoms with Crippen molar-refractivity contribution in [2.45, 2.75) is 22.3 Å². The zero-order valence-electron chi connectivity index (χ0n) is 11.4. The lowest BCUT2D eigenvalue weighted by molar-refractivity contribution is 0.472. The molecule has 1 saturated heterocycles. The lowest BCUT2D eigenvalue weighted by Crippen LogP contribution is -2.32. The number of benzene rings is 1. The summed E-state index contributed by atoms with van der Waals surface area (Å²) in [5, 5.41) is 0. The highest BCUT2D eigenvalue weighted by Gasteiger charge is 2.31. The first-order valence-corrected chi connectivity index (χ1v) is 8.99. The summed E-state index contributed by atoms with van der Waals surface area (Å²) in [4.78, 5) is 0.0960. The maximum atomic E-state index is 12.3. The van der Waals surface area contributed by atoms with E-state index in [1.54, 1.807) is 0 Å². The van der Waals surface area contributed by atoms with Crippen LogP contribution >= 0.6 is 12.4 Å². The molecule has 1 aliphatic rings. The lowest BCUT2D eigenvalue weighted by atomic mass is 10.3. The number of nitrogens with zero attached hydrogens (tertiary/aromatic N) is 1. The van der Waals surface area contributed by atoms with Gasteiger partial charge in [-0.1, -0.05) is 0 Å². The largest absolute Gasteiger partial charge is 0.326 e. The summed E-state index contributed by atoms with van der Waals surface area (Å²) in [6.45, 7) is 0.680. The summed E-state index contributed by atoms with van der Waals surface area (Å²) in [5.74, 6) is 0. The number of hydrogen-bond acceptors (Lipinski definition) is 5. The molecular formula is C11H18ClN3O4S2. The van der Waals surface area contributed by atoms with E-state index in [0.29, 0.717) is 19.5 Å². The first-order valence-electron chi connectivity index (χ1n) is 6.07. The van der Waals surface area contributed by atoms with Crippen LogP contribution < -0.4 is 10.5 Å². The van der Waals surface area contributed by atoms with Gasteiger partial charge in [0.2, 0.25) is 20.0 Å². The van der Waals surface area contributed by atoms with Crippen LogP contribution in [-0.2, 0) is 20.0 Å². The Hall–Kier alpha value is -0.710. The monoisotopic (exact) mass is 355 g/mol. The van der Waals surface area contributed by atoms with E-state index in [9.17, 15) is 16.8 Å². The third kappa shape index (κ3) is 3.74. The van der Waals surface area contributed by atoms with Gasteiger partial charge in [0, 0.05) is 19.1 Å². The standard InChI is InChI=1S/C11H17N3O4S2.ClH/c1-13-19(15,16)10-2-4-11(5-3-10)20(17,18)14-7-6-9(12)8-14;/h2-5,9,13H,6-8,12H2,1H3;1H/t9-;/m1./s1. The number of sulfonamides is 2. The third-order valence-corrected chi connectivity index (χ3v) is 6.54. The Kier molecular flexibility index (Phi) is 5.76. The second-order valence-corrected chi connectivity index (χ2v) is 8.42. The molecule has 0 radical (unpaired) electrons. The summed E-state index contributed by atoms with van der Waals surface area (Å²) < 4.78 is 51.3. The Morgan fingerprint density at radius 2 is 1.67 bits per heavy atom. The van der Waals surface area contributed by atoms with Gasteiger partial charge in [0.05, 0.1) is 9.79 Å². The van der Waals surface area contributed by atoms with E-state index in [0.717, 1.165) is 0 Å². The first kappa shape index (κ1) is 18.3. The van der Waals surface area contributed by atoms with E-state index in [-0.39, 0.29) is 28.2 Å². The van der Waals surface area contributed by atoms with Crippen molar-refractivity contribution in [1.82, 2.24) is 9.03 Å². The lowest BCUT2D eigenvalue weighted by Gasteiger charge is -2.16. The summed E-state index contributed by atoms with van der Waals surface area (Å²) in [6.07, 6.45) is 0.630. The fourth-order valence-electron chi connectivity index (χ4n) is 2.03. The molecule has 3 N–H and O–H groups in total. The average Bonchev–Trinajstić information content (AvgIpc) is 2.86. The van der Waals surface area contributed by atoms with Gasteiger partial charge in [-0.25, -0.2) is 21.6 Å². The molecule has 0 unspecified atom stereocenters. The van der Waals surface area contributed by atoms with E-state index < -0.39 is 20.0 Å². The van der Waals surface area contributed by atoms with Gasteiger partial charge < -0.3 is 5.73 Å². The van der Waals surface area contributed by atoms with Gasteiger partial charge in [0.15, 0.2) is 0 Å². The third-order valence-electron chi connectivity index (χ3n) is 3.23. The normalized spacial score (nSPS) is 20.2. The number of nitrogens with one attached hydrogen (secondary N) is 1. The molecule has 0 bridgehead atoms. The molecule has 120 valence electrons. The van der Waals surface area contributed by atoms with Crippen LogP contribution in [0.3, 0.4) is 0 Å². The Balaban J connectivity index is 0.00000220. The highest BCUT2D eigenvalue weighted by molar-refractivity contribution is 7.89. The zero-order chi connectivity index (χ0) is 15.0. The molecule has 10 heteroatoms. The molecule has 0 amide bonds. The van der Waals surface area contributed by atoms with E-state index in [2.05, 4.69) is 4.72 Å². The van der Waals surface area contributed by atoms with Crippen molar-refractivity contribution in [1.29, 1.82) is 0 Å². The number of rotatable bonds is 4. The van der Waals surface area contributed by atoms with Crippen LogP contribution in [0.1, 0.15) is 6.42 Å².